The third-order valence-corrected chi connectivity index (χ3v) is 10.9. The van der Waals surface area contributed by atoms with Crippen LogP contribution in [0.1, 0.15) is 42.3 Å². The van der Waals surface area contributed by atoms with E-state index in [1.165, 1.54) is 10.5 Å². The van der Waals surface area contributed by atoms with Crippen LogP contribution in [0.5, 0.6) is 0 Å². The van der Waals surface area contributed by atoms with Crippen molar-refractivity contribution in [2.24, 2.45) is 7.05 Å². The molecule has 4 heterocycles. The highest BCUT2D eigenvalue weighted by molar-refractivity contribution is 7.99. The van der Waals surface area contributed by atoms with Crippen molar-refractivity contribution in [1.29, 1.82) is 0 Å². The monoisotopic (exact) mass is 630 g/mol. The Hall–Kier alpha value is -5.20. The van der Waals surface area contributed by atoms with Gasteiger partial charge in [-0.3, -0.25) is 4.57 Å². The van der Waals surface area contributed by atoms with Gasteiger partial charge in [-0.1, -0.05) is 98.4 Å². The predicted molar refractivity (Wildman–Crippen MR) is 190 cm³/mol. The number of para-hydroxylation sites is 3. The van der Waals surface area contributed by atoms with Crippen LogP contribution in [-0.4, -0.2) is 19.1 Å². The molecule has 47 heavy (non-hydrogen) atoms. The molecule has 0 amide bonds. The Morgan fingerprint density at radius 1 is 0.766 bits per heavy atom. The molecular weight excluding hydrogens is 600 g/mol. The number of hydrogen-bond donors (Lipinski definition) is 0. The Labute approximate surface area is 276 Å². The van der Waals surface area contributed by atoms with Crippen molar-refractivity contribution in [3.05, 3.63) is 150 Å². The highest BCUT2D eigenvalue weighted by Gasteiger charge is 2.39. The van der Waals surface area contributed by atoms with Crippen molar-refractivity contribution in [1.82, 2.24) is 19.1 Å². The summed E-state index contributed by atoms with van der Waals surface area (Å²) in [5, 5.41) is 2.29. The largest absolute Gasteiger partial charge is 0.327 e. The van der Waals surface area contributed by atoms with Crippen LogP contribution >= 0.6 is 11.8 Å². The van der Waals surface area contributed by atoms with Crippen LogP contribution in [0.2, 0.25) is 0 Å². The summed E-state index contributed by atoms with van der Waals surface area (Å²) in [5.74, 6) is 1.63. The Kier molecular flexibility index (Phi) is 6.21. The number of halogens is 1. The third-order valence-electron chi connectivity index (χ3n) is 9.72. The van der Waals surface area contributed by atoms with Crippen molar-refractivity contribution < 1.29 is 4.39 Å². The summed E-state index contributed by atoms with van der Waals surface area (Å²) in [6.45, 7) is 4.56. The Balaban J connectivity index is 1.33. The molecule has 1 unspecified atom stereocenters. The van der Waals surface area contributed by atoms with Gasteiger partial charge < -0.3 is 4.57 Å². The maximum atomic E-state index is 17.5. The van der Waals surface area contributed by atoms with Gasteiger partial charge in [-0.25, -0.2) is 14.4 Å². The normalized spacial score (nSPS) is 14.4. The van der Waals surface area contributed by atoms with Crippen LogP contribution in [0.4, 0.5) is 4.39 Å². The summed E-state index contributed by atoms with van der Waals surface area (Å²) in [5.41, 5.74) is 8.18. The first kappa shape index (κ1) is 28.1. The molecule has 0 aliphatic carbocycles. The number of hydrogen-bond acceptors (Lipinski definition) is 3. The van der Waals surface area contributed by atoms with Gasteiger partial charge in [0.05, 0.1) is 22.1 Å². The van der Waals surface area contributed by atoms with E-state index in [0.717, 1.165) is 60.5 Å². The van der Waals surface area contributed by atoms with Crippen LogP contribution in [0.15, 0.2) is 137 Å². The summed E-state index contributed by atoms with van der Waals surface area (Å²) in [4.78, 5) is 11.8. The molecule has 1 aliphatic rings. The number of nitrogens with zero attached hydrogens (tertiary/aromatic N) is 4. The molecule has 0 saturated carbocycles. The first-order valence-electron chi connectivity index (χ1n) is 15.9. The molecule has 8 aromatic rings. The van der Waals surface area contributed by atoms with E-state index >= 15 is 4.39 Å². The number of fused-ring (bicyclic) bond motifs is 7. The number of benzene rings is 5. The van der Waals surface area contributed by atoms with Crippen molar-refractivity contribution in [2.45, 2.75) is 35.2 Å². The van der Waals surface area contributed by atoms with Crippen molar-refractivity contribution in [3.63, 3.8) is 0 Å². The standard InChI is InChI=1S/C41H31FN4S/c1-41(2)29-16-5-9-20-34(29)47-39-28(38(42)25-13-12-14-26(23-25)40-44-30-17-6-8-19-32(30)45(40)3)24-33-36(37(39)41)27-15-4-7-18-31(27)46(33)35-21-10-11-22-43-35/h4-24,38H,1-3H3. The topological polar surface area (TPSA) is 35.6 Å². The fourth-order valence-corrected chi connectivity index (χ4v) is 9.03. The smallest absolute Gasteiger partial charge is 0.151 e. The Morgan fingerprint density at radius 2 is 1.53 bits per heavy atom. The predicted octanol–water partition coefficient (Wildman–Crippen LogP) is 10.6. The van der Waals surface area contributed by atoms with Gasteiger partial charge in [-0.2, -0.15) is 0 Å². The zero-order valence-electron chi connectivity index (χ0n) is 26.3. The van der Waals surface area contributed by atoms with Crippen LogP contribution in [0.3, 0.4) is 0 Å². The molecule has 0 bridgehead atoms. The van der Waals surface area contributed by atoms with Gasteiger partial charge in [0.25, 0.3) is 0 Å². The van der Waals surface area contributed by atoms with Crippen LogP contribution in [0, 0.1) is 0 Å². The quantitative estimate of drug-likeness (QED) is 0.194. The molecule has 1 aliphatic heterocycles. The van der Waals surface area contributed by atoms with E-state index < -0.39 is 6.17 Å². The second-order valence-corrected chi connectivity index (χ2v) is 13.9. The lowest BCUT2D eigenvalue weighted by atomic mass is 9.75. The van der Waals surface area contributed by atoms with E-state index in [0.29, 0.717) is 11.1 Å². The summed E-state index contributed by atoms with van der Waals surface area (Å²) in [6.07, 6.45) is 0.446. The maximum Gasteiger partial charge on any atom is 0.151 e. The van der Waals surface area contributed by atoms with Gasteiger partial charge in [0, 0.05) is 50.3 Å². The minimum atomic E-state index is -1.37. The lowest BCUT2D eigenvalue weighted by Gasteiger charge is -2.37. The molecule has 0 radical (unpaired) electrons. The van der Waals surface area contributed by atoms with E-state index in [4.69, 9.17) is 9.97 Å². The Morgan fingerprint density at radius 3 is 2.36 bits per heavy atom. The van der Waals surface area contributed by atoms with E-state index in [-0.39, 0.29) is 5.41 Å². The lowest BCUT2D eigenvalue weighted by Crippen LogP contribution is -2.25. The molecule has 228 valence electrons. The summed E-state index contributed by atoms with van der Waals surface area (Å²) < 4.78 is 21.8. The highest BCUT2D eigenvalue weighted by Crippen LogP contribution is 2.56. The van der Waals surface area contributed by atoms with Gasteiger partial charge >= 0.3 is 0 Å². The number of imidazole rings is 1. The molecular formula is C41H31FN4S. The van der Waals surface area contributed by atoms with E-state index in [1.807, 2.05) is 73.9 Å². The summed E-state index contributed by atoms with van der Waals surface area (Å²) in [6, 6.07) is 41.0. The SMILES string of the molecule is Cn1c(-c2cccc(C(F)c3cc4c(c5c3Sc3ccccc3C5(C)C)c3ccccc3n4-c3ccccn3)c2)nc2ccccc21. The molecule has 0 saturated heterocycles. The molecule has 9 rings (SSSR count). The van der Waals surface area contributed by atoms with E-state index in [2.05, 4.69) is 83.6 Å². The fourth-order valence-electron chi connectivity index (χ4n) is 7.49. The molecule has 0 N–H and O–H groups in total. The van der Waals surface area contributed by atoms with Crippen LogP contribution in [0.25, 0.3) is 50.0 Å². The maximum absolute atomic E-state index is 17.5. The zero-order valence-corrected chi connectivity index (χ0v) is 27.1. The average Bonchev–Trinajstić information content (AvgIpc) is 3.62. The molecule has 0 spiro atoms. The molecule has 5 aromatic carbocycles. The van der Waals surface area contributed by atoms with Gasteiger partial charge in [-0.05, 0) is 65.2 Å². The van der Waals surface area contributed by atoms with Gasteiger partial charge in [0.15, 0.2) is 6.17 Å². The molecule has 1 atom stereocenters. The van der Waals surface area contributed by atoms with Crippen LogP contribution < -0.4 is 0 Å². The van der Waals surface area contributed by atoms with E-state index in [9.17, 15) is 0 Å². The van der Waals surface area contributed by atoms with Crippen molar-refractivity contribution >= 4 is 44.6 Å². The van der Waals surface area contributed by atoms with Crippen molar-refractivity contribution in [3.8, 4) is 17.2 Å². The van der Waals surface area contributed by atoms with Gasteiger partial charge in [0.2, 0.25) is 0 Å². The molecule has 0 fully saturated rings. The van der Waals surface area contributed by atoms with Gasteiger partial charge in [0.1, 0.15) is 11.6 Å². The summed E-state index contributed by atoms with van der Waals surface area (Å²) in [7, 11) is 2.02. The highest BCUT2D eigenvalue weighted by atomic mass is 32.2. The molecule has 3 aromatic heterocycles. The minimum Gasteiger partial charge on any atom is -0.327 e. The number of alkyl halides is 1. The Bertz CT molecular complexity index is 2510. The molecule has 4 nitrogen and oxygen atoms in total. The molecule has 6 heteroatoms. The first-order chi connectivity index (χ1) is 22.9. The number of pyridine rings is 1. The number of aromatic nitrogens is 4. The number of aryl methyl sites for hydroxylation is 1. The van der Waals surface area contributed by atoms with Crippen molar-refractivity contribution in [2.75, 3.05) is 0 Å². The lowest BCUT2D eigenvalue weighted by molar-refractivity contribution is 0.395. The first-order valence-corrected chi connectivity index (χ1v) is 16.7. The number of rotatable bonds is 4. The van der Waals surface area contributed by atoms with Gasteiger partial charge in [-0.15, -0.1) is 0 Å². The zero-order chi connectivity index (χ0) is 31.9. The second kappa shape index (κ2) is 10.4. The summed E-state index contributed by atoms with van der Waals surface area (Å²) >= 11 is 1.69. The fraction of sp³-hybridized carbons (Fsp3) is 0.122. The minimum absolute atomic E-state index is 0.376. The third kappa shape index (κ3) is 4.14. The second-order valence-electron chi connectivity index (χ2n) is 12.8. The van der Waals surface area contributed by atoms with Crippen LogP contribution in [-0.2, 0) is 12.5 Å². The van der Waals surface area contributed by atoms with E-state index in [1.54, 1.807) is 11.8 Å². The average molecular weight is 631 g/mol.